The van der Waals surface area contributed by atoms with Crippen LogP contribution in [0.3, 0.4) is 0 Å². The van der Waals surface area contributed by atoms with E-state index in [0.717, 1.165) is 16.5 Å². The predicted octanol–water partition coefficient (Wildman–Crippen LogP) is 5.34. The molecule has 0 saturated heterocycles. The number of fused-ring (bicyclic) bond motifs is 1. The molecule has 0 saturated carbocycles. The van der Waals surface area contributed by atoms with Crippen molar-refractivity contribution in [1.82, 2.24) is 4.98 Å². The van der Waals surface area contributed by atoms with Crippen LogP contribution in [0, 0.1) is 0 Å². The van der Waals surface area contributed by atoms with Crippen molar-refractivity contribution in [3.63, 3.8) is 0 Å². The lowest BCUT2D eigenvalue weighted by atomic mass is 10.0. The average molecular weight is 461 g/mol. The molecule has 6 nitrogen and oxygen atoms in total. The monoisotopic (exact) mass is 460 g/mol. The first kappa shape index (κ1) is 22.5. The van der Waals surface area contributed by atoms with E-state index < -0.39 is 9.84 Å². The Bertz CT molecular complexity index is 1410. The van der Waals surface area contributed by atoms with Crippen molar-refractivity contribution < 1.29 is 17.9 Å². The summed E-state index contributed by atoms with van der Waals surface area (Å²) in [7, 11) is -3.27. The van der Waals surface area contributed by atoms with E-state index in [-0.39, 0.29) is 16.9 Å². The SMILES string of the molecule is CC(C)Oc1ccc(C(=O)Nc2cccc3c(-c4ccc(S(C)(=O)=O)cc4)ccnc23)cc1. The zero-order valence-corrected chi connectivity index (χ0v) is 19.4. The lowest BCUT2D eigenvalue weighted by molar-refractivity contribution is 0.102. The van der Waals surface area contributed by atoms with Crippen molar-refractivity contribution in [3.05, 3.63) is 84.6 Å². The number of ether oxygens (including phenoxy) is 1. The Morgan fingerprint density at radius 3 is 2.27 bits per heavy atom. The minimum absolute atomic E-state index is 0.0585. The highest BCUT2D eigenvalue weighted by Crippen LogP contribution is 2.32. The number of amides is 1. The lowest BCUT2D eigenvalue weighted by Gasteiger charge is -2.12. The molecule has 168 valence electrons. The number of aromatic nitrogens is 1. The summed E-state index contributed by atoms with van der Waals surface area (Å²) in [5.74, 6) is 0.461. The number of hydrogen-bond acceptors (Lipinski definition) is 5. The van der Waals surface area contributed by atoms with E-state index in [2.05, 4.69) is 10.3 Å². The number of hydrogen-bond donors (Lipinski definition) is 1. The van der Waals surface area contributed by atoms with Gasteiger partial charge in [0.25, 0.3) is 5.91 Å². The van der Waals surface area contributed by atoms with Crippen LogP contribution >= 0.6 is 0 Å². The first-order chi connectivity index (χ1) is 15.7. The molecular weight excluding hydrogens is 436 g/mol. The molecule has 4 aromatic rings. The van der Waals surface area contributed by atoms with Gasteiger partial charge in [0.05, 0.1) is 22.2 Å². The summed E-state index contributed by atoms with van der Waals surface area (Å²) in [5, 5.41) is 3.80. The fourth-order valence-electron chi connectivity index (χ4n) is 3.56. The molecule has 0 aliphatic carbocycles. The molecule has 0 bridgehead atoms. The molecule has 1 amide bonds. The summed E-state index contributed by atoms with van der Waals surface area (Å²) in [5.41, 5.74) is 3.51. The number of benzene rings is 3. The molecule has 3 aromatic carbocycles. The third-order valence-electron chi connectivity index (χ3n) is 5.10. The van der Waals surface area contributed by atoms with Crippen LogP contribution in [-0.4, -0.2) is 31.7 Å². The number of carbonyl (C=O) groups excluding carboxylic acids is 1. The second kappa shape index (κ2) is 9.03. The zero-order chi connectivity index (χ0) is 23.6. The van der Waals surface area contributed by atoms with Gasteiger partial charge in [-0.2, -0.15) is 0 Å². The number of para-hydroxylation sites is 1. The van der Waals surface area contributed by atoms with Crippen LogP contribution in [0.2, 0.25) is 0 Å². The van der Waals surface area contributed by atoms with E-state index in [0.29, 0.717) is 22.5 Å². The van der Waals surface area contributed by atoms with Gasteiger partial charge in [-0.05, 0) is 73.5 Å². The Morgan fingerprint density at radius 1 is 0.939 bits per heavy atom. The fraction of sp³-hybridized carbons (Fsp3) is 0.154. The molecule has 7 heteroatoms. The second-order valence-electron chi connectivity index (χ2n) is 8.00. The van der Waals surface area contributed by atoms with Crippen LogP contribution in [0.1, 0.15) is 24.2 Å². The maximum Gasteiger partial charge on any atom is 0.255 e. The molecule has 1 heterocycles. The summed E-state index contributed by atoms with van der Waals surface area (Å²) in [6.45, 7) is 3.89. The Labute approximate surface area is 193 Å². The maximum atomic E-state index is 12.8. The predicted molar refractivity (Wildman–Crippen MR) is 130 cm³/mol. The molecule has 33 heavy (non-hydrogen) atoms. The van der Waals surface area contributed by atoms with Crippen molar-refractivity contribution >= 4 is 32.3 Å². The topological polar surface area (TPSA) is 85.4 Å². The number of sulfone groups is 1. The van der Waals surface area contributed by atoms with Crippen LogP contribution < -0.4 is 10.1 Å². The lowest BCUT2D eigenvalue weighted by Crippen LogP contribution is -2.12. The third-order valence-corrected chi connectivity index (χ3v) is 6.23. The van der Waals surface area contributed by atoms with Crippen LogP contribution in [0.4, 0.5) is 5.69 Å². The van der Waals surface area contributed by atoms with E-state index >= 15 is 0 Å². The second-order valence-corrected chi connectivity index (χ2v) is 10.0. The number of nitrogens with zero attached hydrogens (tertiary/aromatic N) is 1. The van der Waals surface area contributed by atoms with E-state index in [4.69, 9.17) is 4.74 Å². The van der Waals surface area contributed by atoms with Crippen molar-refractivity contribution in [3.8, 4) is 16.9 Å². The van der Waals surface area contributed by atoms with Gasteiger partial charge in [0, 0.05) is 23.4 Å². The fourth-order valence-corrected chi connectivity index (χ4v) is 4.19. The smallest absolute Gasteiger partial charge is 0.255 e. The molecule has 4 rings (SSSR count). The molecule has 1 N–H and O–H groups in total. The minimum atomic E-state index is -3.27. The largest absolute Gasteiger partial charge is 0.491 e. The van der Waals surface area contributed by atoms with Crippen LogP contribution in [0.25, 0.3) is 22.0 Å². The number of anilines is 1. The molecule has 0 aliphatic rings. The average Bonchev–Trinajstić information content (AvgIpc) is 2.78. The quantitative estimate of drug-likeness (QED) is 0.420. The Hall–Kier alpha value is -3.71. The standard InChI is InChI=1S/C26H24N2O4S/c1-17(2)32-20-11-7-19(8-12-20)26(29)28-24-6-4-5-23-22(15-16-27-25(23)24)18-9-13-21(14-10-18)33(3,30)31/h4-17H,1-3H3,(H,28,29). The van der Waals surface area contributed by atoms with Gasteiger partial charge in [-0.25, -0.2) is 8.42 Å². The van der Waals surface area contributed by atoms with E-state index in [1.165, 1.54) is 6.26 Å². The zero-order valence-electron chi connectivity index (χ0n) is 18.6. The van der Waals surface area contributed by atoms with E-state index in [9.17, 15) is 13.2 Å². The molecule has 0 radical (unpaired) electrons. The van der Waals surface area contributed by atoms with Crippen molar-refractivity contribution in [2.24, 2.45) is 0 Å². The van der Waals surface area contributed by atoms with Gasteiger partial charge >= 0.3 is 0 Å². The van der Waals surface area contributed by atoms with Crippen molar-refractivity contribution in [1.29, 1.82) is 0 Å². The summed E-state index contributed by atoms with van der Waals surface area (Å²) in [6.07, 6.45) is 2.92. The number of nitrogens with one attached hydrogen (secondary N) is 1. The van der Waals surface area contributed by atoms with Gasteiger partial charge in [-0.3, -0.25) is 9.78 Å². The highest BCUT2D eigenvalue weighted by atomic mass is 32.2. The highest BCUT2D eigenvalue weighted by Gasteiger charge is 2.13. The molecule has 0 atom stereocenters. The van der Waals surface area contributed by atoms with Crippen LogP contribution in [0.15, 0.2) is 83.9 Å². The molecule has 0 aliphatic heterocycles. The third kappa shape index (κ3) is 5.04. The summed E-state index contributed by atoms with van der Waals surface area (Å²) >= 11 is 0. The number of pyridine rings is 1. The molecule has 0 fully saturated rings. The van der Waals surface area contributed by atoms with Crippen molar-refractivity contribution in [2.45, 2.75) is 24.8 Å². The van der Waals surface area contributed by atoms with Gasteiger partial charge in [-0.1, -0.05) is 24.3 Å². The van der Waals surface area contributed by atoms with Gasteiger partial charge in [0.15, 0.2) is 9.84 Å². The first-order valence-corrected chi connectivity index (χ1v) is 12.4. The number of carbonyl (C=O) groups is 1. The summed E-state index contributed by atoms with van der Waals surface area (Å²) < 4.78 is 29.2. The molecule has 1 aromatic heterocycles. The van der Waals surface area contributed by atoms with Crippen LogP contribution in [-0.2, 0) is 9.84 Å². The molecule has 0 unspecified atom stereocenters. The normalized spacial score (nSPS) is 11.5. The Morgan fingerprint density at radius 2 is 1.64 bits per heavy atom. The van der Waals surface area contributed by atoms with E-state index in [1.54, 1.807) is 60.8 Å². The Balaban J connectivity index is 1.64. The Kier molecular flexibility index (Phi) is 6.16. The van der Waals surface area contributed by atoms with Crippen LogP contribution in [0.5, 0.6) is 5.75 Å². The van der Waals surface area contributed by atoms with E-state index in [1.807, 2.05) is 32.0 Å². The number of rotatable bonds is 6. The van der Waals surface area contributed by atoms with Gasteiger partial charge < -0.3 is 10.1 Å². The summed E-state index contributed by atoms with van der Waals surface area (Å²) in [4.78, 5) is 17.6. The molecular formula is C26H24N2O4S. The summed E-state index contributed by atoms with van der Waals surface area (Å²) in [6, 6.07) is 21.2. The van der Waals surface area contributed by atoms with Gasteiger partial charge in [0.2, 0.25) is 0 Å². The maximum absolute atomic E-state index is 12.8. The molecule has 0 spiro atoms. The van der Waals surface area contributed by atoms with Gasteiger partial charge in [-0.15, -0.1) is 0 Å². The van der Waals surface area contributed by atoms with Gasteiger partial charge in [0.1, 0.15) is 5.75 Å². The van der Waals surface area contributed by atoms with Crippen molar-refractivity contribution in [2.75, 3.05) is 11.6 Å². The first-order valence-electron chi connectivity index (χ1n) is 10.5. The highest BCUT2D eigenvalue weighted by molar-refractivity contribution is 7.90. The minimum Gasteiger partial charge on any atom is -0.491 e.